The number of hydrogen-bond donors (Lipinski definition) is 2. The number of nitrogens with zero attached hydrogens (tertiary/aromatic N) is 1. The van der Waals surface area contributed by atoms with Gasteiger partial charge < -0.3 is 20.1 Å². The van der Waals surface area contributed by atoms with Crippen molar-refractivity contribution in [3.05, 3.63) is 58.1 Å². The Kier molecular flexibility index (Phi) is 8.97. The maximum atomic E-state index is 12.4. The highest BCUT2D eigenvalue weighted by Gasteiger charge is 2.11. The number of hydrogen-bond acceptors (Lipinski definition) is 5. The number of benzene rings is 2. The number of carbonyl (C=O) groups is 2. The number of morpholine rings is 1. The molecule has 0 aliphatic carbocycles. The van der Waals surface area contributed by atoms with Crippen LogP contribution in [0.4, 0.5) is 5.69 Å². The first-order valence-corrected chi connectivity index (χ1v) is 10.8. The van der Waals surface area contributed by atoms with Crippen LogP contribution in [0.1, 0.15) is 16.8 Å². The quantitative estimate of drug-likeness (QED) is 0.554. The van der Waals surface area contributed by atoms with Crippen LogP contribution in [0.3, 0.4) is 0 Å². The zero-order valence-electron chi connectivity index (χ0n) is 17.0. The zero-order valence-corrected chi connectivity index (χ0v) is 18.5. The summed E-state index contributed by atoms with van der Waals surface area (Å²) in [6, 6.07) is 11.5. The summed E-state index contributed by atoms with van der Waals surface area (Å²) >= 11 is 11.9. The van der Waals surface area contributed by atoms with Gasteiger partial charge in [-0.05, 0) is 49.4 Å². The van der Waals surface area contributed by atoms with Gasteiger partial charge in [0.25, 0.3) is 11.8 Å². The number of anilines is 1. The van der Waals surface area contributed by atoms with Crippen LogP contribution in [0, 0.1) is 0 Å². The highest BCUT2D eigenvalue weighted by molar-refractivity contribution is 6.35. The maximum absolute atomic E-state index is 12.4. The molecular formula is C22H25Cl2N3O4. The number of carbonyl (C=O) groups excluding carboxylic acids is 2. The Balaban J connectivity index is 1.43. The van der Waals surface area contributed by atoms with Gasteiger partial charge in [-0.2, -0.15) is 0 Å². The minimum Gasteiger partial charge on any atom is -0.482 e. The second-order valence-corrected chi connectivity index (χ2v) is 7.90. The first kappa shape index (κ1) is 23.3. The van der Waals surface area contributed by atoms with Gasteiger partial charge in [0.05, 0.1) is 18.2 Å². The first-order chi connectivity index (χ1) is 15.0. The lowest BCUT2D eigenvalue weighted by molar-refractivity contribution is -0.118. The number of ether oxygens (including phenoxy) is 2. The number of amides is 2. The van der Waals surface area contributed by atoms with Crippen molar-refractivity contribution in [3.63, 3.8) is 0 Å². The molecule has 1 heterocycles. The summed E-state index contributed by atoms with van der Waals surface area (Å²) in [6.45, 7) is 4.69. The van der Waals surface area contributed by atoms with Crippen LogP contribution < -0.4 is 15.4 Å². The van der Waals surface area contributed by atoms with Gasteiger partial charge in [-0.15, -0.1) is 0 Å². The van der Waals surface area contributed by atoms with Gasteiger partial charge in [0.15, 0.2) is 6.61 Å². The smallest absolute Gasteiger partial charge is 0.262 e. The van der Waals surface area contributed by atoms with E-state index in [9.17, 15) is 9.59 Å². The van der Waals surface area contributed by atoms with Crippen molar-refractivity contribution >= 4 is 40.7 Å². The van der Waals surface area contributed by atoms with Crippen LogP contribution in [0.5, 0.6) is 5.75 Å². The third-order valence-electron chi connectivity index (χ3n) is 4.70. The molecule has 1 aliphatic heterocycles. The first-order valence-electron chi connectivity index (χ1n) is 10.1. The summed E-state index contributed by atoms with van der Waals surface area (Å²) in [7, 11) is 0. The standard InChI is InChI=1S/C22H25Cl2N3O4/c23-17-5-6-20(19(24)14-17)31-15-21(28)26-18-4-1-3-16(13-18)22(29)25-7-2-8-27-9-11-30-12-10-27/h1,3-6,13-14H,2,7-12,15H2,(H,25,29)(H,26,28). The summed E-state index contributed by atoms with van der Waals surface area (Å²) in [5.41, 5.74) is 0.989. The van der Waals surface area contributed by atoms with Crippen molar-refractivity contribution in [2.24, 2.45) is 0 Å². The fourth-order valence-electron chi connectivity index (χ4n) is 3.10. The molecule has 0 atom stereocenters. The molecule has 0 saturated carbocycles. The Labute approximate surface area is 191 Å². The van der Waals surface area contributed by atoms with E-state index in [1.165, 1.54) is 0 Å². The predicted molar refractivity (Wildman–Crippen MR) is 121 cm³/mol. The molecule has 0 unspecified atom stereocenters. The van der Waals surface area contributed by atoms with Crippen LogP contribution in [0.2, 0.25) is 10.0 Å². The largest absolute Gasteiger partial charge is 0.482 e. The number of nitrogens with one attached hydrogen (secondary N) is 2. The van der Waals surface area contributed by atoms with Gasteiger partial charge in [-0.1, -0.05) is 29.3 Å². The van der Waals surface area contributed by atoms with E-state index in [4.69, 9.17) is 32.7 Å². The van der Waals surface area contributed by atoms with E-state index in [1.807, 2.05) is 0 Å². The van der Waals surface area contributed by atoms with Crippen LogP contribution in [0.15, 0.2) is 42.5 Å². The molecule has 1 saturated heterocycles. The van der Waals surface area contributed by atoms with E-state index in [0.717, 1.165) is 39.3 Å². The van der Waals surface area contributed by atoms with Gasteiger partial charge >= 0.3 is 0 Å². The zero-order chi connectivity index (χ0) is 22.1. The molecule has 1 fully saturated rings. The van der Waals surface area contributed by atoms with Gasteiger partial charge in [-0.3, -0.25) is 14.5 Å². The molecule has 3 rings (SSSR count). The van der Waals surface area contributed by atoms with Crippen molar-refractivity contribution in [3.8, 4) is 5.75 Å². The van der Waals surface area contributed by atoms with Crippen LogP contribution >= 0.6 is 23.2 Å². The van der Waals surface area contributed by atoms with E-state index in [2.05, 4.69) is 15.5 Å². The summed E-state index contributed by atoms with van der Waals surface area (Å²) < 4.78 is 10.8. The van der Waals surface area contributed by atoms with E-state index >= 15 is 0 Å². The molecule has 0 bridgehead atoms. The highest BCUT2D eigenvalue weighted by atomic mass is 35.5. The van der Waals surface area contributed by atoms with Crippen molar-refractivity contribution in [2.75, 3.05) is 51.3 Å². The van der Waals surface area contributed by atoms with Crippen molar-refractivity contribution in [2.45, 2.75) is 6.42 Å². The van der Waals surface area contributed by atoms with Gasteiger partial charge in [-0.25, -0.2) is 0 Å². The molecule has 7 nitrogen and oxygen atoms in total. The van der Waals surface area contributed by atoms with Gasteiger partial charge in [0.1, 0.15) is 5.75 Å². The normalized spacial score (nSPS) is 14.1. The highest BCUT2D eigenvalue weighted by Crippen LogP contribution is 2.27. The van der Waals surface area contributed by atoms with E-state index in [0.29, 0.717) is 33.6 Å². The summed E-state index contributed by atoms with van der Waals surface area (Å²) in [5.74, 6) is -0.178. The Morgan fingerprint density at radius 1 is 1.10 bits per heavy atom. The van der Waals surface area contributed by atoms with Crippen molar-refractivity contribution in [1.82, 2.24) is 10.2 Å². The lowest BCUT2D eigenvalue weighted by Crippen LogP contribution is -2.38. The molecule has 2 N–H and O–H groups in total. The van der Waals surface area contributed by atoms with E-state index in [-0.39, 0.29) is 18.4 Å². The lowest BCUT2D eigenvalue weighted by atomic mass is 10.2. The molecule has 2 amide bonds. The third-order valence-corrected chi connectivity index (χ3v) is 5.23. The maximum Gasteiger partial charge on any atom is 0.262 e. The molecule has 9 heteroatoms. The minimum absolute atomic E-state index is 0.178. The topological polar surface area (TPSA) is 79.9 Å². The van der Waals surface area contributed by atoms with Crippen LogP contribution in [-0.2, 0) is 9.53 Å². The molecule has 31 heavy (non-hydrogen) atoms. The predicted octanol–water partition coefficient (Wildman–Crippen LogP) is 3.46. The van der Waals surface area contributed by atoms with Crippen LogP contribution in [0.25, 0.3) is 0 Å². The Bertz CT molecular complexity index is 904. The monoisotopic (exact) mass is 465 g/mol. The molecular weight excluding hydrogens is 441 g/mol. The van der Waals surface area contributed by atoms with E-state index < -0.39 is 0 Å². The van der Waals surface area contributed by atoms with E-state index in [1.54, 1.807) is 42.5 Å². The van der Waals surface area contributed by atoms with Crippen molar-refractivity contribution < 1.29 is 19.1 Å². The minimum atomic E-state index is -0.367. The van der Waals surface area contributed by atoms with Crippen molar-refractivity contribution in [1.29, 1.82) is 0 Å². The molecule has 1 aliphatic rings. The Morgan fingerprint density at radius 3 is 2.68 bits per heavy atom. The number of halogens is 2. The second kappa shape index (κ2) is 11.9. The third kappa shape index (κ3) is 7.70. The molecule has 2 aromatic rings. The Morgan fingerprint density at radius 2 is 1.90 bits per heavy atom. The second-order valence-electron chi connectivity index (χ2n) is 7.06. The summed E-state index contributed by atoms with van der Waals surface area (Å²) in [4.78, 5) is 26.9. The fourth-order valence-corrected chi connectivity index (χ4v) is 3.57. The Hall–Kier alpha value is -2.32. The molecule has 166 valence electrons. The molecule has 0 spiro atoms. The molecule has 2 aromatic carbocycles. The lowest BCUT2D eigenvalue weighted by Gasteiger charge is -2.26. The summed E-state index contributed by atoms with van der Waals surface area (Å²) in [5, 5.41) is 6.44. The van der Waals surface area contributed by atoms with Crippen LogP contribution in [-0.4, -0.2) is 62.7 Å². The summed E-state index contributed by atoms with van der Waals surface area (Å²) in [6.07, 6.45) is 0.868. The molecule has 0 aromatic heterocycles. The average molecular weight is 466 g/mol. The fraction of sp³-hybridized carbons (Fsp3) is 0.364. The van der Waals surface area contributed by atoms with Gasteiger partial charge in [0.2, 0.25) is 0 Å². The number of rotatable bonds is 9. The molecule has 0 radical (unpaired) electrons. The van der Waals surface area contributed by atoms with Gasteiger partial charge in [0, 0.05) is 35.9 Å². The average Bonchev–Trinajstić information content (AvgIpc) is 2.77. The SMILES string of the molecule is O=C(COc1ccc(Cl)cc1Cl)Nc1cccc(C(=O)NCCCN2CCOCC2)c1.